The summed E-state index contributed by atoms with van der Waals surface area (Å²) in [6, 6.07) is 11.0. The molecule has 1 atom stereocenters. The van der Waals surface area contributed by atoms with Crippen molar-refractivity contribution in [3.05, 3.63) is 41.7 Å². The van der Waals surface area contributed by atoms with E-state index in [-0.39, 0.29) is 7.92 Å². The van der Waals surface area contributed by atoms with Gasteiger partial charge in [-0.15, -0.1) is 0 Å². The van der Waals surface area contributed by atoms with Gasteiger partial charge in [-0.2, -0.15) is 0 Å². The second kappa shape index (κ2) is 4.74. The average molecular weight is 293 g/mol. The molecule has 0 saturated heterocycles. The number of benzene rings is 1. The number of rotatable bonds is 4. The molecule has 2 rings (SSSR count). The molecule has 0 N–H and O–H groups in total. The lowest BCUT2D eigenvalue weighted by Crippen LogP contribution is -2.51. The molecule has 0 aromatic heterocycles. The van der Waals surface area contributed by atoms with E-state index in [1.807, 2.05) is 0 Å². The summed E-state index contributed by atoms with van der Waals surface area (Å²) in [7, 11) is -2.03. The van der Waals surface area contributed by atoms with Gasteiger partial charge in [0.05, 0.1) is 0 Å². The molecular weight excluding hydrogens is 267 g/mol. The first-order valence-corrected chi connectivity index (χ1v) is 15.4. The zero-order valence-electron chi connectivity index (χ0n) is 12.5. The van der Waals surface area contributed by atoms with Crippen molar-refractivity contribution in [2.24, 2.45) is 0 Å². The maximum atomic E-state index is 2.59. The summed E-state index contributed by atoms with van der Waals surface area (Å²) < 4.78 is 0. The van der Waals surface area contributed by atoms with Crippen molar-refractivity contribution in [2.75, 3.05) is 0 Å². The lowest BCUT2D eigenvalue weighted by atomic mass is 10.2. The van der Waals surface area contributed by atoms with Crippen LogP contribution in [-0.4, -0.2) is 21.1 Å². The number of hydrogen-bond donors (Lipinski definition) is 0. The van der Waals surface area contributed by atoms with Crippen LogP contribution in [0.15, 0.2) is 36.1 Å². The number of hydrogen-bond acceptors (Lipinski definition) is 0. The molecule has 1 aromatic carbocycles. The Morgan fingerprint density at radius 1 is 0.833 bits per heavy atom. The molecule has 0 amide bonds. The minimum absolute atomic E-state index is 0.0854. The Hall–Kier alpha value is -0.176. The molecule has 0 unspecified atom stereocenters. The molecule has 1 aromatic rings. The highest BCUT2D eigenvalue weighted by Crippen LogP contribution is 2.72. The third-order valence-corrected chi connectivity index (χ3v) is 20.0. The first-order valence-electron chi connectivity index (χ1n) is 6.77. The molecule has 0 aliphatic carbocycles. The zero-order chi connectivity index (χ0) is 13.6. The highest BCUT2D eigenvalue weighted by molar-refractivity contribution is 7.84. The summed E-state index contributed by atoms with van der Waals surface area (Å²) in [6.45, 7) is 15.4. The van der Waals surface area contributed by atoms with Crippen molar-refractivity contribution in [2.45, 2.75) is 44.2 Å². The lowest BCUT2D eigenvalue weighted by molar-refractivity contribution is 1.46. The van der Waals surface area contributed by atoms with E-state index in [9.17, 15) is 0 Å². The molecule has 0 fully saturated rings. The molecule has 0 saturated carbocycles. The monoisotopic (exact) mass is 292 g/mol. The first kappa shape index (κ1) is 14.2. The summed E-state index contributed by atoms with van der Waals surface area (Å²) in [6.07, 6.45) is 0. The molecule has 1 heterocycles. The second-order valence-corrected chi connectivity index (χ2v) is 21.7. The average Bonchev–Trinajstić information content (AvgIpc) is 2.94. The van der Waals surface area contributed by atoms with Crippen LogP contribution in [0.1, 0.15) is 5.56 Å². The molecule has 18 heavy (non-hydrogen) atoms. The largest absolute Gasteiger partial charge is 0.0693 e. The summed E-state index contributed by atoms with van der Waals surface area (Å²) in [5.41, 5.74) is 1.48. The van der Waals surface area contributed by atoms with Gasteiger partial charge < -0.3 is 0 Å². The van der Waals surface area contributed by atoms with Gasteiger partial charge in [0.15, 0.2) is 0 Å². The van der Waals surface area contributed by atoms with Gasteiger partial charge in [-0.3, -0.25) is 0 Å². The Bertz CT molecular complexity index is 438. The highest BCUT2D eigenvalue weighted by Gasteiger charge is 2.47. The Labute approximate surface area is 115 Å². The fourth-order valence-corrected chi connectivity index (χ4v) is 23.1. The van der Waals surface area contributed by atoms with Crippen LogP contribution in [0.4, 0.5) is 0 Å². The predicted molar refractivity (Wildman–Crippen MR) is 91.8 cm³/mol. The van der Waals surface area contributed by atoms with Gasteiger partial charge in [0.2, 0.25) is 0 Å². The molecule has 1 aliphatic heterocycles. The van der Waals surface area contributed by atoms with E-state index >= 15 is 0 Å². The van der Waals surface area contributed by atoms with Crippen molar-refractivity contribution in [1.29, 1.82) is 0 Å². The Balaban J connectivity index is 2.19. The minimum atomic E-state index is -1.06. The third kappa shape index (κ3) is 3.04. The maximum absolute atomic E-state index is 2.59. The van der Waals surface area contributed by atoms with E-state index in [0.29, 0.717) is 0 Å². The quantitative estimate of drug-likeness (QED) is 0.500. The standard InChI is InChI=1S/C15H25PSi2/c1-17(2,3)15(18(4,5)6)16-12-14(16)13-10-8-7-9-11-13/h7-12,15H,1-6H3/t16-/m1/s1. The van der Waals surface area contributed by atoms with Crippen molar-refractivity contribution in [3.8, 4) is 0 Å². The van der Waals surface area contributed by atoms with Crippen LogP contribution in [-0.2, 0) is 0 Å². The van der Waals surface area contributed by atoms with Crippen molar-refractivity contribution >= 4 is 29.4 Å². The van der Waals surface area contributed by atoms with Crippen LogP contribution < -0.4 is 0 Å². The van der Waals surface area contributed by atoms with Crippen molar-refractivity contribution in [3.63, 3.8) is 0 Å². The molecule has 0 nitrogen and oxygen atoms in total. The molecule has 0 spiro atoms. The molecule has 3 heteroatoms. The van der Waals surface area contributed by atoms with Crippen LogP contribution in [0, 0.1) is 0 Å². The van der Waals surface area contributed by atoms with Crippen molar-refractivity contribution in [1.82, 2.24) is 0 Å². The molecule has 0 bridgehead atoms. The summed E-state index contributed by atoms with van der Waals surface area (Å²) in [4.78, 5) is 1.04. The van der Waals surface area contributed by atoms with E-state index < -0.39 is 16.1 Å². The van der Waals surface area contributed by atoms with Gasteiger partial charge in [-0.05, 0) is 21.6 Å². The third-order valence-electron chi connectivity index (χ3n) is 3.46. The smallest absolute Gasteiger partial charge is 0.0499 e. The minimum Gasteiger partial charge on any atom is -0.0693 e. The van der Waals surface area contributed by atoms with E-state index in [2.05, 4.69) is 75.4 Å². The van der Waals surface area contributed by atoms with E-state index in [1.165, 1.54) is 5.56 Å². The Kier molecular flexibility index (Phi) is 3.75. The lowest BCUT2D eigenvalue weighted by Gasteiger charge is -2.39. The van der Waals surface area contributed by atoms with E-state index in [4.69, 9.17) is 0 Å². The van der Waals surface area contributed by atoms with Crippen LogP contribution in [0.5, 0.6) is 0 Å². The maximum Gasteiger partial charge on any atom is 0.0499 e. The van der Waals surface area contributed by atoms with E-state index in [1.54, 1.807) is 5.31 Å². The van der Waals surface area contributed by atoms with Gasteiger partial charge >= 0.3 is 0 Å². The first-order chi connectivity index (χ1) is 8.21. The van der Waals surface area contributed by atoms with Gasteiger partial charge in [-0.1, -0.05) is 77.5 Å². The Morgan fingerprint density at radius 3 is 1.78 bits per heavy atom. The Morgan fingerprint density at radius 2 is 1.33 bits per heavy atom. The summed E-state index contributed by atoms with van der Waals surface area (Å²) in [5.74, 6) is 2.59. The highest BCUT2D eigenvalue weighted by atomic mass is 31.1. The normalized spacial score (nSPS) is 19.9. The van der Waals surface area contributed by atoms with E-state index in [0.717, 1.165) is 4.91 Å². The van der Waals surface area contributed by atoms with Crippen LogP contribution in [0.25, 0.3) is 5.31 Å². The fraction of sp³-hybridized carbons (Fsp3) is 0.467. The topological polar surface area (TPSA) is 0 Å². The van der Waals surface area contributed by atoms with Gasteiger partial charge in [0, 0.05) is 16.1 Å². The predicted octanol–water partition coefficient (Wildman–Crippen LogP) is 5.60. The fourth-order valence-electron chi connectivity index (χ4n) is 3.28. The van der Waals surface area contributed by atoms with Gasteiger partial charge in [-0.25, -0.2) is 0 Å². The SMILES string of the molecule is C[Si](C)(C)C([P@]1C=C1c1ccccc1)[Si](C)(C)C. The van der Waals surface area contributed by atoms with Crippen LogP contribution in [0.2, 0.25) is 39.3 Å². The molecular formula is C15H25PSi2. The van der Waals surface area contributed by atoms with Crippen LogP contribution in [0.3, 0.4) is 0 Å². The van der Waals surface area contributed by atoms with Gasteiger partial charge in [0.1, 0.15) is 0 Å². The summed E-state index contributed by atoms with van der Waals surface area (Å²) in [5, 5.41) is 1.68. The molecule has 98 valence electrons. The van der Waals surface area contributed by atoms with Gasteiger partial charge in [0.25, 0.3) is 0 Å². The van der Waals surface area contributed by atoms with Crippen molar-refractivity contribution < 1.29 is 0 Å². The zero-order valence-corrected chi connectivity index (χ0v) is 15.4. The molecule has 0 radical (unpaired) electrons. The van der Waals surface area contributed by atoms with Crippen LogP contribution >= 0.6 is 7.92 Å². The molecule has 1 aliphatic rings. The summed E-state index contributed by atoms with van der Waals surface area (Å²) >= 11 is 0. The second-order valence-electron chi connectivity index (χ2n) is 7.42.